The smallest absolute Gasteiger partial charge is 0.342 e. The first-order chi connectivity index (χ1) is 11.7. The summed E-state index contributed by atoms with van der Waals surface area (Å²) in [5.74, 6) is 0.221. The van der Waals surface area contributed by atoms with Gasteiger partial charge in [0.05, 0.1) is 0 Å². The molecule has 0 spiro atoms. The highest BCUT2D eigenvalue weighted by Gasteiger charge is 2.27. The van der Waals surface area contributed by atoms with Crippen LogP contribution in [0.25, 0.3) is 5.57 Å². The summed E-state index contributed by atoms with van der Waals surface area (Å²) in [6, 6.07) is 17.3. The number of nitrogens with one attached hydrogen (secondary N) is 1. The van der Waals surface area contributed by atoms with Crippen LogP contribution in [-0.4, -0.2) is 25.7 Å². The van der Waals surface area contributed by atoms with Crippen molar-refractivity contribution in [2.24, 2.45) is 0 Å². The Morgan fingerprint density at radius 1 is 1.08 bits per heavy atom. The largest absolute Gasteiger partial charge is 0.492 e. The first kappa shape index (κ1) is 16.1. The van der Waals surface area contributed by atoms with Gasteiger partial charge >= 0.3 is 5.97 Å². The summed E-state index contributed by atoms with van der Waals surface area (Å²) >= 11 is 0. The van der Waals surface area contributed by atoms with Gasteiger partial charge in [-0.1, -0.05) is 42.5 Å². The van der Waals surface area contributed by atoms with Crippen LogP contribution in [0.3, 0.4) is 0 Å². The summed E-state index contributed by atoms with van der Waals surface area (Å²) in [4.78, 5) is 11.9. The van der Waals surface area contributed by atoms with Gasteiger partial charge in [0.1, 0.15) is 24.5 Å². The molecule has 0 aliphatic carbocycles. The Morgan fingerprint density at radius 2 is 1.83 bits per heavy atom. The van der Waals surface area contributed by atoms with Crippen LogP contribution in [0.15, 0.2) is 60.4 Å². The predicted octanol–water partition coefficient (Wildman–Crippen LogP) is 2.34. The second-order valence-corrected chi connectivity index (χ2v) is 5.51. The molecule has 0 fully saturated rings. The van der Waals surface area contributed by atoms with E-state index >= 15 is 0 Å². The standard InChI is InChI=1S/C19H20N2O3/c20-16-8-6-15(7-9-16)18-17(13-24-19(18)22)23-11-10-21-12-14-4-2-1-3-5-14/h1-9,21H,10-13,20H2. The number of nitrogens with two attached hydrogens (primary N) is 1. The quantitative estimate of drug-likeness (QED) is 0.465. The molecule has 0 saturated carbocycles. The molecule has 1 heterocycles. The minimum Gasteiger partial charge on any atom is -0.492 e. The van der Waals surface area contributed by atoms with E-state index in [1.54, 1.807) is 24.3 Å². The molecule has 0 atom stereocenters. The van der Waals surface area contributed by atoms with Gasteiger partial charge in [0.2, 0.25) is 0 Å². The molecule has 3 N–H and O–H groups in total. The molecule has 0 aromatic heterocycles. The number of hydrogen-bond acceptors (Lipinski definition) is 5. The van der Waals surface area contributed by atoms with Gasteiger partial charge in [0, 0.05) is 18.8 Å². The minimum atomic E-state index is -0.355. The van der Waals surface area contributed by atoms with Crippen molar-refractivity contribution in [2.75, 3.05) is 25.5 Å². The summed E-state index contributed by atoms with van der Waals surface area (Å²) in [7, 11) is 0. The first-order valence-electron chi connectivity index (χ1n) is 7.87. The average Bonchev–Trinajstić information content (AvgIpc) is 2.97. The van der Waals surface area contributed by atoms with Crippen molar-refractivity contribution < 1.29 is 14.3 Å². The normalized spacial score (nSPS) is 13.9. The zero-order chi connectivity index (χ0) is 16.8. The van der Waals surface area contributed by atoms with E-state index in [2.05, 4.69) is 17.4 Å². The van der Waals surface area contributed by atoms with Gasteiger partial charge < -0.3 is 20.5 Å². The number of benzene rings is 2. The van der Waals surface area contributed by atoms with Crippen LogP contribution in [0.4, 0.5) is 5.69 Å². The molecular weight excluding hydrogens is 304 g/mol. The molecular formula is C19H20N2O3. The number of nitrogen functional groups attached to an aromatic ring is 1. The Balaban J connectivity index is 1.54. The highest BCUT2D eigenvalue weighted by molar-refractivity contribution is 6.18. The number of carbonyl (C=O) groups is 1. The molecule has 0 amide bonds. The van der Waals surface area contributed by atoms with Crippen molar-refractivity contribution in [1.82, 2.24) is 5.32 Å². The van der Waals surface area contributed by atoms with Crippen LogP contribution < -0.4 is 11.1 Å². The number of hydrogen-bond donors (Lipinski definition) is 2. The van der Waals surface area contributed by atoms with E-state index in [9.17, 15) is 4.79 Å². The monoisotopic (exact) mass is 324 g/mol. The van der Waals surface area contributed by atoms with E-state index in [1.807, 2.05) is 18.2 Å². The Bertz CT molecular complexity index is 724. The fourth-order valence-corrected chi connectivity index (χ4v) is 2.51. The molecule has 2 aromatic rings. The van der Waals surface area contributed by atoms with E-state index in [1.165, 1.54) is 5.56 Å². The minimum absolute atomic E-state index is 0.178. The molecule has 5 heteroatoms. The molecule has 24 heavy (non-hydrogen) atoms. The Labute approximate surface area is 141 Å². The summed E-state index contributed by atoms with van der Waals surface area (Å²) in [6.45, 7) is 2.11. The lowest BCUT2D eigenvalue weighted by Gasteiger charge is -2.09. The highest BCUT2D eigenvalue weighted by atomic mass is 16.6. The predicted molar refractivity (Wildman–Crippen MR) is 92.8 cm³/mol. The highest BCUT2D eigenvalue weighted by Crippen LogP contribution is 2.27. The lowest BCUT2D eigenvalue weighted by Crippen LogP contribution is -2.19. The third-order valence-corrected chi connectivity index (χ3v) is 3.74. The van der Waals surface area contributed by atoms with Crippen LogP contribution >= 0.6 is 0 Å². The van der Waals surface area contributed by atoms with E-state index in [4.69, 9.17) is 15.2 Å². The molecule has 0 bridgehead atoms. The lowest BCUT2D eigenvalue weighted by molar-refractivity contribution is -0.134. The fourth-order valence-electron chi connectivity index (χ4n) is 2.51. The van der Waals surface area contributed by atoms with Crippen LogP contribution in [0.2, 0.25) is 0 Å². The van der Waals surface area contributed by atoms with Crippen LogP contribution in [0.1, 0.15) is 11.1 Å². The fraction of sp³-hybridized carbons (Fsp3) is 0.211. The zero-order valence-corrected chi connectivity index (χ0v) is 13.3. The third-order valence-electron chi connectivity index (χ3n) is 3.74. The molecule has 1 aliphatic rings. The van der Waals surface area contributed by atoms with E-state index in [0.717, 1.165) is 12.1 Å². The molecule has 2 aromatic carbocycles. The number of carbonyl (C=O) groups excluding carboxylic acids is 1. The van der Waals surface area contributed by atoms with Gasteiger partial charge in [-0.2, -0.15) is 0 Å². The molecule has 0 unspecified atom stereocenters. The average molecular weight is 324 g/mol. The van der Waals surface area contributed by atoms with E-state index < -0.39 is 0 Å². The number of cyclic esters (lactones) is 1. The van der Waals surface area contributed by atoms with Gasteiger partial charge in [-0.05, 0) is 23.3 Å². The maximum atomic E-state index is 11.9. The van der Waals surface area contributed by atoms with Crippen molar-refractivity contribution in [3.63, 3.8) is 0 Å². The van der Waals surface area contributed by atoms with Crippen LogP contribution in [0.5, 0.6) is 0 Å². The molecule has 1 aliphatic heterocycles. The van der Waals surface area contributed by atoms with Crippen LogP contribution in [0, 0.1) is 0 Å². The summed E-state index contributed by atoms with van der Waals surface area (Å²) in [6.07, 6.45) is 0. The maximum Gasteiger partial charge on any atom is 0.342 e. The second kappa shape index (κ2) is 7.66. The Morgan fingerprint density at radius 3 is 2.58 bits per heavy atom. The van der Waals surface area contributed by atoms with Gasteiger partial charge in [0.25, 0.3) is 0 Å². The summed E-state index contributed by atoms with van der Waals surface area (Å²) < 4.78 is 10.8. The van der Waals surface area contributed by atoms with Gasteiger partial charge in [-0.25, -0.2) is 4.79 Å². The molecule has 0 radical (unpaired) electrons. The molecule has 0 saturated heterocycles. The van der Waals surface area contributed by atoms with Crippen molar-refractivity contribution in [3.05, 3.63) is 71.5 Å². The van der Waals surface area contributed by atoms with Crippen molar-refractivity contribution in [2.45, 2.75) is 6.54 Å². The second-order valence-electron chi connectivity index (χ2n) is 5.51. The summed E-state index contributed by atoms with van der Waals surface area (Å²) in [5.41, 5.74) is 8.80. The van der Waals surface area contributed by atoms with Gasteiger partial charge in [-0.3, -0.25) is 0 Å². The van der Waals surface area contributed by atoms with E-state index in [0.29, 0.717) is 30.2 Å². The number of anilines is 1. The molecule has 124 valence electrons. The van der Waals surface area contributed by atoms with Crippen molar-refractivity contribution in [3.8, 4) is 0 Å². The number of ether oxygens (including phenoxy) is 2. The molecule has 3 rings (SSSR count). The van der Waals surface area contributed by atoms with Crippen LogP contribution in [-0.2, 0) is 20.8 Å². The first-order valence-corrected chi connectivity index (χ1v) is 7.87. The SMILES string of the molecule is Nc1ccc(C2=C(OCCNCc3ccccc3)COC2=O)cc1. The third kappa shape index (κ3) is 3.94. The van der Waals surface area contributed by atoms with Gasteiger partial charge in [-0.15, -0.1) is 0 Å². The van der Waals surface area contributed by atoms with Crippen molar-refractivity contribution >= 4 is 17.2 Å². The molecule has 5 nitrogen and oxygen atoms in total. The number of rotatable bonds is 7. The zero-order valence-electron chi connectivity index (χ0n) is 13.3. The Kier molecular flexibility index (Phi) is 5.13. The van der Waals surface area contributed by atoms with Crippen molar-refractivity contribution in [1.29, 1.82) is 0 Å². The number of esters is 1. The summed E-state index contributed by atoms with van der Waals surface area (Å²) in [5, 5.41) is 3.31. The lowest BCUT2D eigenvalue weighted by atomic mass is 10.1. The van der Waals surface area contributed by atoms with E-state index in [-0.39, 0.29) is 12.6 Å². The Hall–Kier alpha value is -2.79. The van der Waals surface area contributed by atoms with Gasteiger partial charge in [0.15, 0.2) is 0 Å². The topological polar surface area (TPSA) is 73.6 Å². The maximum absolute atomic E-state index is 11.9.